The van der Waals surface area contributed by atoms with E-state index in [4.69, 9.17) is 0 Å². The van der Waals surface area contributed by atoms with Gasteiger partial charge in [-0.2, -0.15) is 5.10 Å². The lowest BCUT2D eigenvalue weighted by Gasteiger charge is -2.22. The molecule has 2 rings (SSSR count). The Balaban J connectivity index is 2.02. The summed E-state index contributed by atoms with van der Waals surface area (Å²) in [5, 5.41) is 7.61. The van der Waals surface area contributed by atoms with Crippen molar-refractivity contribution in [3.8, 4) is 0 Å². The minimum atomic E-state index is -0.0292. The van der Waals surface area contributed by atoms with Crippen molar-refractivity contribution in [1.82, 2.24) is 10.0 Å². The second-order valence-electron chi connectivity index (χ2n) is 4.06. The molecule has 0 saturated carbocycles. The third kappa shape index (κ3) is 2.62. The fourth-order valence-corrected chi connectivity index (χ4v) is 1.70. The largest absolute Gasteiger partial charge is 0.284 e. The Morgan fingerprint density at radius 1 is 1.29 bits per heavy atom. The number of carbonyl (C=O) groups excluding carboxylic acids is 1. The second kappa shape index (κ2) is 4.97. The standard InChI is InChI=1S/C12H16N4O/c1-15(2)16-9-8-11(12(16)17)14-13-10-6-4-3-5-7-10/h3-7,13H,8-9H2,1-2H3/b14-11-. The second-order valence-corrected chi connectivity index (χ2v) is 4.06. The van der Waals surface area contributed by atoms with Gasteiger partial charge in [0.1, 0.15) is 5.71 Å². The number of anilines is 1. The third-order valence-electron chi connectivity index (χ3n) is 2.62. The van der Waals surface area contributed by atoms with E-state index in [2.05, 4.69) is 10.5 Å². The van der Waals surface area contributed by atoms with E-state index in [0.29, 0.717) is 18.7 Å². The fourth-order valence-electron chi connectivity index (χ4n) is 1.70. The van der Waals surface area contributed by atoms with Crippen LogP contribution in [0.5, 0.6) is 0 Å². The van der Waals surface area contributed by atoms with E-state index in [9.17, 15) is 4.79 Å². The van der Waals surface area contributed by atoms with Crippen LogP contribution in [0.3, 0.4) is 0 Å². The van der Waals surface area contributed by atoms with Crippen LogP contribution < -0.4 is 5.43 Å². The molecule has 1 amide bonds. The minimum absolute atomic E-state index is 0.0292. The number of benzene rings is 1. The van der Waals surface area contributed by atoms with Crippen LogP contribution in [0.1, 0.15) is 6.42 Å². The molecule has 1 aliphatic heterocycles. The van der Waals surface area contributed by atoms with Gasteiger partial charge in [0.05, 0.1) is 5.69 Å². The summed E-state index contributed by atoms with van der Waals surface area (Å²) in [5.74, 6) is -0.0292. The Hall–Kier alpha value is -1.88. The van der Waals surface area contributed by atoms with E-state index in [0.717, 1.165) is 5.69 Å². The van der Waals surface area contributed by atoms with Gasteiger partial charge >= 0.3 is 0 Å². The monoisotopic (exact) mass is 232 g/mol. The number of hydrogen-bond donors (Lipinski definition) is 1. The topological polar surface area (TPSA) is 47.9 Å². The zero-order valence-electron chi connectivity index (χ0n) is 10.1. The van der Waals surface area contributed by atoms with Gasteiger partial charge in [-0.1, -0.05) is 18.2 Å². The molecule has 5 nitrogen and oxygen atoms in total. The summed E-state index contributed by atoms with van der Waals surface area (Å²) < 4.78 is 0. The summed E-state index contributed by atoms with van der Waals surface area (Å²) in [6.45, 7) is 0.696. The van der Waals surface area contributed by atoms with E-state index in [1.165, 1.54) is 0 Å². The minimum Gasteiger partial charge on any atom is -0.278 e. The Labute approximate surface area is 101 Å². The average Bonchev–Trinajstić information content (AvgIpc) is 2.69. The highest BCUT2D eigenvalue weighted by Crippen LogP contribution is 2.11. The van der Waals surface area contributed by atoms with Crippen LogP contribution in [-0.4, -0.2) is 42.3 Å². The van der Waals surface area contributed by atoms with Crippen LogP contribution >= 0.6 is 0 Å². The molecule has 17 heavy (non-hydrogen) atoms. The zero-order chi connectivity index (χ0) is 12.3. The van der Waals surface area contributed by atoms with E-state index in [-0.39, 0.29) is 5.91 Å². The molecule has 1 fully saturated rings. The number of hydrogen-bond acceptors (Lipinski definition) is 4. The predicted molar refractivity (Wildman–Crippen MR) is 67.5 cm³/mol. The molecule has 1 heterocycles. The summed E-state index contributed by atoms with van der Waals surface area (Å²) in [6.07, 6.45) is 0.677. The van der Waals surface area contributed by atoms with Gasteiger partial charge in [-0.3, -0.25) is 15.2 Å². The van der Waals surface area contributed by atoms with E-state index in [1.807, 2.05) is 44.4 Å². The van der Waals surface area contributed by atoms with Crippen molar-refractivity contribution in [3.05, 3.63) is 30.3 Å². The Bertz CT molecular complexity index is 427. The number of nitrogens with one attached hydrogen (secondary N) is 1. The number of carbonyl (C=O) groups is 1. The lowest BCUT2D eigenvalue weighted by atomic mass is 10.3. The summed E-state index contributed by atoms with van der Waals surface area (Å²) in [5.41, 5.74) is 4.36. The molecular weight excluding hydrogens is 216 g/mol. The molecule has 1 aliphatic rings. The van der Waals surface area contributed by atoms with Crippen LogP contribution in [0, 0.1) is 0 Å². The molecule has 0 unspecified atom stereocenters. The SMILES string of the molecule is CN(C)N1CC/C(=N/Nc2ccccc2)C1=O. The first kappa shape index (κ1) is 11.6. The van der Waals surface area contributed by atoms with Crippen molar-refractivity contribution in [2.75, 3.05) is 26.1 Å². The zero-order valence-corrected chi connectivity index (χ0v) is 10.1. The number of rotatable bonds is 3. The highest BCUT2D eigenvalue weighted by atomic mass is 16.2. The van der Waals surface area contributed by atoms with E-state index >= 15 is 0 Å². The first-order valence-corrected chi connectivity index (χ1v) is 5.55. The molecule has 0 aromatic heterocycles. The molecule has 1 aromatic rings. The molecule has 0 spiro atoms. The maximum atomic E-state index is 11.9. The molecular formula is C12H16N4O. The van der Waals surface area contributed by atoms with Crippen molar-refractivity contribution in [2.24, 2.45) is 5.10 Å². The number of amides is 1. The summed E-state index contributed by atoms with van der Waals surface area (Å²) >= 11 is 0. The molecule has 1 N–H and O–H groups in total. The van der Waals surface area contributed by atoms with Crippen LogP contribution in [-0.2, 0) is 4.79 Å². The smallest absolute Gasteiger partial charge is 0.278 e. The molecule has 5 heteroatoms. The summed E-state index contributed by atoms with van der Waals surface area (Å²) in [4.78, 5) is 11.9. The number of para-hydroxylation sites is 1. The maximum absolute atomic E-state index is 11.9. The first-order chi connectivity index (χ1) is 8.18. The van der Waals surface area contributed by atoms with Gasteiger partial charge < -0.3 is 0 Å². The van der Waals surface area contributed by atoms with E-state index in [1.54, 1.807) is 10.0 Å². The highest BCUT2D eigenvalue weighted by molar-refractivity contribution is 6.40. The number of hydrazone groups is 1. The van der Waals surface area contributed by atoms with Gasteiger partial charge in [-0.15, -0.1) is 0 Å². The van der Waals surface area contributed by atoms with Crippen molar-refractivity contribution in [3.63, 3.8) is 0 Å². The lowest BCUT2D eigenvalue weighted by Crippen LogP contribution is -2.39. The van der Waals surface area contributed by atoms with E-state index < -0.39 is 0 Å². The van der Waals surface area contributed by atoms with Crippen molar-refractivity contribution >= 4 is 17.3 Å². The summed E-state index contributed by atoms with van der Waals surface area (Å²) in [7, 11) is 3.71. The molecule has 1 saturated heterocycles. The van der Waals surface area contributed by atoms with Crippen molar-refractivity contribution < 1.29 is 4.79 Å². The van der Waals surface area contributed by atoms with Gasteiger partial charge in [0.25, 0.3) is 5.91 Å². The van der Waals surface area contributed by atoms with Gasteiger partial charge in [0.15, 0.2) is 0 Å². The molecule has 0 bridgehead atoms. The Morgan fingerprint density at radius 3 is 2.59 bits per heavy atom. The lowest BCUT2D eigenvalue weighted by molar-refractivity contribution is -0.134. The quantitative estimate of drug-likeness (QED) is 0.796. The molecule has 0 radical (unpaired) electrons. The number of nitrogens with zero attached hydrogens (tertiary/aromatic N) is 3. The van der Waals surface area contributed by atoms with Crippen molar-refractivity contribution in [2.45, 2.75) is 6.42 Å². The molecule has 1 aromatic carbocycles. The summed E-state index contributed by atoms with van der Waals surface area (Å²) in [6, 6.07) is 9.60. The van der Waals surface area contributed by atoms with Crippen LogP contribution in [0.15, 0.2) is 35.4 Å². The highest BCUT2D eigenvalue weighted by Gasteiger charge is 2.29. The number of hydrazine groups is 1. The fraction of sp³-hybridized carbons (Fsp3) is 0.333. The first-order valence-electron chi connectivity index (χ1n) is 5.55. The average molecular weight is 232 g/mol. The molecule has 90 valence electrons. The maximum Gasteiger partial charge on any atom is 0.284 e. The van der Waals surface area contributed by atoms with Gasteiger partial charge in [0, 0.05) is 27.1 Å². The normalized spacial score (nSPS) is 18.2. The van der Waals surface area contributed by atoms with Gasteiger partial charge in [-0.05, 0) is 12.1 Å². The third-order valence-corrected chi connectivity index (χ3v) is 2.62. The predicted octanol–water partition coefficient (Wildman–Crippen LogP) is 1.16. The van der Waals surface area contributed by atoms with Crippen LogP contribution in [0.4, 0.5) is 5.69 Å². The van der Waals surface area contributed by atoms with Crippen LogP contribution in [0.2, 0.25) is 0 Å². The molecule has 0 atom stereocenters. The Kier molecular flexibility index (Phi) is 3.39. The Morgan fingerprint density at radius 2 is 2.00 bits per heavy atom. The van der Waals surface area contributed by atoms with Crippen molar-refractivity contribution in [1.29, 1.82) is 0 Å². The van der Waals surface area contributed by atoms with Gasteiger partial charge in [0.2, 0.25) is 0 Å². The molecule has 0 aliphatic carbocycles. The van der Waals surface area contributed by atoms with Gasteiger partial charge in [-0.25, -0.2) is 5.01 Å². The van der Waals surface area contributed by atoms with Crippen LogP contribution in [0.25, 0.3) is 0 Å².